The number of nitrogens with zero attached hydrogens (tertiary/aromatic N) is 3. The van der Waals surface area contributed by atoms with Crippen LogP contribution in [0.2, 0.25) is 0 Å². The van der Waals surface area contributed by atoms with Crippen LogP contribution in [0.5, 0.6) is 0 Å². The molecule has 6 atom stereocenters. The number of ether oxygens (including phenoxy) is 2. The molecule has 216 valence electrons. The third kappa shape index (κ3) is 4.34. The van der Waals surface area contributed by atoms with Gasteiger partial charge >= 0.3 is 5.97 Å². The first-order valence-electron chi connectivity index (χ1n) is 14.6. The molecule has 9 heteroatoms. The minimum atomic E-state index is -1.38. The first-order valence-corrected chi connectivity index (χ1v) is 14.6. The molecule has 1 unspecified atom stereocenters. The number of amides is 2. The Bertz CT molecular complexity index is 1190. The van der Waals surface area contributed by atoms with Gasteiger partial charge in [-0.05, 0) is 64.3 Å². The number of benzene rings is 1. The molecule has 0 bridgehead atoms. The van der Waals surface area contributed by atoms with Gasteiger partial charge in [0.15, 0.2) is 0 Å². The number of carbonyl (C=O) groups excluding carboxylic acids is 3. The number of carbonyl (C=O) groups is 3. The van der Waals surface area contributed by atoms with E-state index in [0.717, 1.165) is 18.8 Å². The summed E-state index contributed by atoms with van der Waals surface area (Å²) in [6.07, 6.45) is 9.37. The minimum absolute atomic E-state index is 0.261. The van der Waals surface area contributed by atoms with Gasteiger partial charge < -0.3 is 29.3 Å². The van der Waals surface area contributed by atoms with Gasteiger partial charge in [0.05, 0.1) is 30.8 Å². The molecule has 1 spiro atoms. The number of hydrogen-bond acceptors (Lipinski definition) is 7. The zero-order valence-corrected chi connectivity index (χ0v) is 23.9. The number of anilines is 2. The van der Waals surface area contributed by atoms with Gasteiger partial charge in [-0.2, -0.15) is 0 Å². The number of aliphatic hydroxyl groups is 1. The van der Waals surface area contributed by atoms with Crippen LogP contribution in [-0.4, -0.2) is 83.9 Å². The molecule has 9 nitrogen and oxygen atoms in total. The molecular formula is C31H41N3O6. The highest BCUT2D eigenvalue weighted by Gasteiger charge is 2.75. The maximum atomic E-state index is 14.6. The maximum Gasteiger partial charge on any atom is 0.313 e. The summed E-state index contributed by atoms with van der Waals surface area (Å²) in [5.41, 5.74) is -0.731. The molecule has 0 aromatic heterocycles. The van der Waals surface area contributed by atoms with E-state index in [0.29, 0.717) is 24.9 Å². The summed E-state index contributed by atoms with van der Waals surface area (Å²) in [4.78, 5) is 47.7. The number of cyclic esters (lactones) is 1. The molecule has 4 aliphatic heterocycles. The van der Waals surface area contributed by atoms with Crippen molar-refractivity contribution in [2.75, 3.05) is 42.6 Å². The van der Waals surface area contributed by atoms with E-state index in [9.17, 15) is 19.5 Å². The van der Waals surface area contributed by atoms with E-state index >= 15 is 0 Å². The first kappa shape index (κ1) is 28.4. The van der Waals surface area contributed by atoms with Crippen LogP contribution in [-0.2, 0) is 23.9 Å². The van der Waals surface area contributed by atoms with E-state index in [1.54, 1.807) is 11.8 Å². The molecule has 5 rings (SSSR count). The first-order chi connectivity index (χ1) is 19.3. The van der Waals surface area contributed by atoms with Crippen molar-refractivity contribution < 1.29 is 29.0 Å². The predicted molar refractivity (Wildman–Crippen MR) is 152 cm³/mol. The van der Waals surface area contributed by atoms with Crippen molar-refractivity contribution in [3.05, 3.63) is 48.6 Å². The van der Waals surface area contributed by atoms with Crippen molar-refractivity contribution in [2.24, 2.45) is 11.8 Å². The van der Waals surface area contributed by atoms with E-state index in [-0.39, 0.29) is 31.6 Å². The number of likely N-dealkylation sites (tertiary alicyclic amines) is 1. The number of rotatable bonds is 7. The summed E-state index contributed by atoms with van der Waals surface area (Å²) in [6.45, 7) is 9.87. The molecule has 40 heavy (non-hydrogen) atoms. The fraction of sp³-hybridized carbons (Fsp3) is 0.581. The summed E-state index contributed by atoms with van der Waals surface area (Å²) in [5.74, 6) is -3.02. The summed E-state index contributed by atoms with van der Waals surface area (Å²) in [6, 6.07) is 6.21. The Balaban J connectivity index is 1.61. The van der Waals surface area contributed by atoms with E-state index in [2.05, 4.69) is 18.7 Å². The molecular weight excluding hydrogens is 510 g/mol. The van der Waals surface area contributed by atoms with Crippen LogP contribution in [0, 0.1) is 11.8 Å². The number of aliphatic hydroxyl groups excluding tert-OH is 1. The largest absolute Gasteiger partial charge is 0.465 e. The fourth-order valence-electron chi connectivity index (χ4n) is 7.04. The second kappa shape index (κ2) is 11.0. The minimum Gasteiger partial charge on any atom is -0.465 e. The summed E-state index contributed by atoms with van der Waals surface area (Å²) >= 11 is 0. The highest BCUT2D eigenvalue weighted by Crippen LogP contribution is 2.57. The Morgan fingerprint density at radius 3 is 2.40 bits per heavy atom. The quantitative estimate of drug-likeness (QED) is 0.411. The normalized spacial score (nSPS) is 33.2. The highest BCUT2D eigenvalue weighted by atomic mass is 16.6. The summed E-state index contributed by atoms with van der Waals surface area (Å²) in [5, 5.41) is 10.3. The smallest absolute Gasteiger partial charge is 0.313 e. The Morgan fingerprint density at radius 1 is 1.02 bits per heavy atom. The molecule has 0 saturated carbocycles. The second-order valence-corrected chi connectivity index (χ2v) is 11.2. The fourth-order valence-corrected chi connectivity index (χ4v) is 7.04. The lowest BCUT2D eigenvalue weighted by Crippen LogP contribution is -2.58. The Kier molecular flexibility index (Phi) is 7.81. The molecule has 4 heterocycles. The second-order valence-electron chi connectivity index (χ2n) is 11.2. The van der Waals surface area contributed by atoms with Gasteiger partial charge in [-0.15, -0.1) is 0 Å². The lowest BCUT2D eigenvalue weighted by Gasteiger charge is -2.40. The standard InChI is InChI=1S/C31H41N3O6/c1-5-21(20-35)34-26-28(37)33(23-14-12-22(13-15-23)32(6-2)7-3)18-11-17-31(26)24(27(34)36)25-29(38)39-19-10-8-9-16-30(25,4)40-31/h9,11-17,21,24-26,35H,5-8,10,18-20H2,1-4H3/b16-9-/t21-,24-,25+,26?,30-,31-/m0/s1. The van der Waals surface area contributed by atoms with Gasteiger partial charge in [0.2, 0.25) is 5.91 Å². The molecule has 0 radical (unpaired) electrons. The van der Waals surface area contributed by atoms with Gasteiger partial charge in [-0.25, -0.2) is 0 Å². The number of hydrogen-bond donors (Lipinski definition) is 1. The van der Waals surface area contributed by atoms with Gasteiger partial charge in [0, 0.05) is 31.0 Å². The van der Waals surface area contributed by atoms with Gasteiger partial charge in [0.1, 0.15) is 17.6 Å². The van der Waals surface area contributed by atoms with Crippen LogP contribution < -0.4 is 9.80 Å². The van der Waals surface area contributed by atoms with Crippen molar-refractivity contribution in [1.29, 1.82) is 0 Å². The number of allylic oxidation sites excluding steroid dienone is 1. The molecule has 1 aromatic rings. The van der Waals surface area contributed by atoms with Crippen LogP contribution >= 0.6 is 0 Å². The number of fused-ring (bicyclic) bond motifs is 2. The van der Waals surface area contributed by atoms with Crippen molar-refractivity contribution in [1.82, 2.24) is 4.90 Å². The van der Waals surface area contributed by atoms with Gasteiger partial charge in [-0.3, -0.25) is 14.4 Å². The van der Waals surface area contributed by atoms with Crippen LogP contribution in [0.3, 0.4) is 0 Å². The lowest BCUT2D eigenvalue weighted by atomic mass is 9.74. The number of esters is 1. The molecule has 2 amide bonds. The van der Waals surface area contributed by atoms with Crippen molar-refractivity contribution in [3.8, 4) is 0 Å². The molecule has 2 fully saturated rings. The average molecular weight is 552 g/mol. The molecule has 0 aliphatic carbocycles. The summed E-state index contributed by atoms with van der Waals surface area (Å²) < 4.78 is 12.4. The molecule has 1 N–H and O–H groups in total. The van der Waals surface area contributed by atoms with E-state index in [1.165, 1.54) is 4.90 Å². The van der Waals surface area contributed by atoms with Crippen LogP contribution in [0.25, 0.3) is 0 Å². The SMILES string of the molecule is CC[C@@H](CO)N1C(=O)[C@@H]2[C@@H]3C(=O)OCCC/C=C\[C@]3(C)O[C@@]23C=CCN(c2ccc(N(CC)CC)cc2)C(=O)C13. The zero-order chi connectivity index (χ0) is 28.7. The highest BCUT2D eigenvalue weighted by molar-refractivity contribution is 6.05. The van der Waals surface area contributed by atoms with Crippen LogP contribution in [0.4, 0.5) is 11.4 Å². The zero-order valence-electron chi connectivity index (χ0n) is 23.9. The van der Waals surface area contributed by atoms with Crippen molar-refractivity contribution in [3.63, 3.8) is 0 Å². The third-order valence-electron chi connectivity index (χ3n) is 9.05. The van der Waals surface area contributed by atoms with Crippen molar-refractivity contribution >= 4 is 29.2 Å². The van der Waals surface area contributed by atoms with E-state index in [1.807, 2.05) is 55.5 Å². The van der Waals surface area contributed by atoms with Crippen LogP contribution in [0.1, 0.15) is 47.0 Å². The Morgan fingerprint density at radius 2 is 1.75 bits per heavy atom. The Labute approximate surface area is 236 Å². The maximum absolute atomic E-state index is 14.6. The molecule has 4 aliphatic rings. The van der Waals surface area contributed by atoms with E-state index in [4.69, 9.17) is 9.47 Å². The third-order valence-corrected chi connectivity index (χ3v) is 9.05. The molecule has 1 aromatic carbocycles. The van der Waals surface area contributed by atoms with Crippen LogP contribution in [0.15, 0.2) is 48.6 Å². The van der Waals surface area contributed by atoms with E-state index < -0.39 is 41.1 Å². The predicted octanol–water partition coefficient (Wildman–Crippen LogP) is 3.07. The summed E-state index contributed by atoms with van der Waals surface area (Å²) in [7, 11) is 0. The topological polar surface area (TPSA) is 99.6 Å². The van der Waals surface area contributed by atoms with Crippen molar-refractivity contribution in [2.45, 2.75) is 70.2 Å². The molecule has 2 saturated heterocycles. The average Bonchev–Trinajstić information content (AvgIpc) is 3.30. The van der Waals surface area contributed by atoms with Gasteiger partial charge in [0.25, 0.3) is 5.91 Å². The lowest BCUT2D eigenvalue weighted by molar-refractivity contribution is -0.159. The van der Waals surface area contributed by atoms with Gasteiger partial charge in [-0.1, -0.05) is 31.2 Å². The monoisotopic (exact) mass is 551 g/mol. The Hall–Kier alpha value is -3.17.